The van der Waals surface area contributed by atoms with Gasteiger partial charge in [0.2, 0.25) is 5.91 Å². The van der Waals surface area contributed by atoms with Gasteiger partial charge in [0.1, 0.15) is 0 Å². The summed E-state index contributed by atoms with van der Waals surface area (Å²) in [6, 6.07) is 18.3. The van der Waals surface area contributed by atoms with Crippen LogP contribution in [0.25, 0.3) is 0 Å². The van der Waals surface area contributed by atoms with E-state index >= 15 is 0 Å². The molecule has 156 valence electrons. The van der Waals surface area contributed by atoms with Crippen molar-refractivity contribution in [3.63, 3.8) is 0 Å². The first-order valence-corrected chi connectivity index (χ1v) is 10.4. The molecule has 0 atom stereocenters. The lowest BCUT2D eigenvalue weighted by atomic mass is 10.1. The number of halogens is 1. The zero-order chi connectivity index (χ0) is 21.5. The number of hydrogen-bond acceptors (Lipinski definition) is 4. The zero-order valence-electron chi connectivity index (χ0n) is 16.9. The summed E-state index contributed by atoms with van der Waals surface area (Å²) in [6.45, 7) is 0.987. The molecule has 1 heterocycles. The van der Waals surface area contributed by atoms with Crippen molar-refractivity contribution >= 4 is 39.1 Å². The normalized spacial score (nSPS) is 10.8. The molecule has 2 aromatic carbocycles. The molecule has 6 nitrogen and oxygen atoms in total. The molecular weight excluding hydrogens is 446 g/mol. The molecule has 2 N–H and O–H groups in total. The van der Waals surface area contributed by atoms with Gasteiger partial charge < -0.3 is 20.0 Å². The number of anilines is 2. The Morgan fingerprint density at radius 2 is 1.47 bits per heavy atom. The molecule has 0 bridgehead atoms. The molecule has 0 saturated heterocycles. The Hall–Kier alpha value is -2.90. The highest BCUT2D eigenvalue weighted by Gasteiger charge is 2.11. The molecule has 2 amide bonds. The van der Waals surface area contributed by atoms with Crippen LogP contribution in [0.15, 0.2) is 69.8 Å². The van der Waals surface area contributed by atoms with Crippen molar-refractivity contribution in [3.05, 3.63) is 82.2 Å². The molecule has 0 unspecified atom stereocenters. The fourth-order valence-corrected chi connectivity index (χ4v) is 3.14. The minimum absolute atomic E-state index is 0.0896. The van der Waals surface area contributed by atoms with Crippen LogP contribution in [0.2, 0.25) is 0 Å². The Balaban J connectivity index is 1.50. The van der Waals surface area contributed by atoms with Gasteiger partial charge in [0, 0.05) is 17.9 Å². The Morgan fingerprint density at radius 1 is 0.867 bits per heavy atom. The van der Waals surface area contributed by atoms with Crippen LogP contribution in [0.1, 0.15) is 21.7 Å². The summed E-state index contributed by atoms with van der Waals surface area (Å²) in [5, 5.41) is 5.67. The Kier molecular flexibility index (Phi) is 7.43. The minimum atomic E-state index is -0.333. The van der Waals surface area contributed by atoms with Crippen LogP contribution in [-0.4, -0.2) is 37.4 Å². The standard InChI is InChI=1S/C23H24BrN3O3/c1-27(2)14-13-16-3-7-18(8-4-16)25-22(28)15-17-5-9-19(10-6-17)26-23(29)20-11-12-21(24)30-20/h3-12H,13-15H2,1-2H3,(H,25,28)(H,26,29). The first-order valence-electron chi connectivity index (χ1n) is 9.58. The first-order chi connectivity index (χ1) is 14.4. The lowest BCUT2D eigenvalue weighted by Crippen LogP contribution is -2.16. The molecule has 7 heteroatoms. The maximum atomic E-state index is 12.3. The highest BCUT2D eigenvalue weighted by atomic mass is 79.9. The van der Waals surface area contributed by atoms with E-state index < -0.39 is 0 Å². The first kappa shape index (κ1) is 21.8. The van der Waals surface area contributed by atoms with E-state index in [4.69, 9.17) is 4.42 Å². The van der Waals surface area contributed by atoms with Crippen molar-refractivity contribution in [1.29, 1.82) is 0 Å². The Morgan fingerprint density at radius 3 is 2.03 bits per heavy atom. The van der Waals surface area contributed by atoms with Crippen molar-refractivity contribution in [2.45, 2.75) is 12.8 Å². The summed E-state index contributed by atoms with van der Waals surface area (Å²) in [5.41, 5.74) is 3.50. The van der Waals surface area contributed by atoms with Crippen molar-refractivity contribution in [2.24, 2.45) is 0 Å². The third-order valence-corrected chi connectivity index (χ3v) is 4.89. The molecule has 0 saturated carbocycles. The third kappa shape index (κ3) is 6.57. The summed E-state index contributed by atoms with van der Waals surface area (Å²) >= 11 is 3.17. The third-order valence-electron chi connectivity index (χ3n) is 4.46. The fraction of sp³-hybridized carbons (Fsp3) is 0.217. The molecule has 0 aliphatic rings. The lowest BCUT2D eigenvalue weighted by Gasteiger charge is -2.10. The summed E-state index contributed by atoms with van der Waals surface area (Å²) in [4.78, 5) is 26.6. The second-order valence-electron chi connectivity index (χ2n) is 7.23. The van der Waals surface area contributed by atoms with Crippen molar-refractivity contribution in [2.75, 3.05) is 31.3 Å². The van der Waals surface area contributed by atoms with Gasteiger partial charge in [-0.1, -0.05) is 24.3 Å². The van der Waals surface area contributed by atoms with E-state index in [1.54, 1.807) is 24.3 Å². The molecule has 0 aliphatic heterocycles. The number of nitrogens with one attached hydrogen (secondary N) is 2. The second-order valence-corrected chi connectivity index (χ2v) is 8.01. The monoisotopic (exact) mass is 469 g/mol. The minimum Gasteiger partial charge on any atom is -0.444 e. The molecule has 3 aromatic rings. The maximum Gasteiger partial charge on any atom is 0.291 e. The van der Waals surface area contributed by atoms with Crippen molar-refractivity contribution < 1.29 is 14.0 Å². The SMILES string of the molecule is CN(C)CCc1ccc(NC(=O)Cc2ccc(NC(=O)c3ccc(Br)o3)cc2)cc1. The summed E-state index contributed by atoms with van der Waals surface area (Å²) in [7, 11) is 4.10. The van der Waals surface area contributed by atoms with E-state index in [0.29, 0.717) is 10.4 Å². The molecule has 0 radical (unpaired) electrons. The number of nitrogens with zero attached hydrogens (tertiary/aromatic N) is 1. The molecule has 0 fully saturated rings. The maximum absolute atomic E-state index is 12.3. The number of benzene rings is 2. The number of amides is 2. The molecule has 1 aromatic heterocycles. The predicted octanol–water partition coefficient (Wildman–Crippen LogP) is 4.58. The van der Waals surface area contributed by atoms with Gasteiger partial charge in [0.15, 0.2) is 10.4 Å². The van der Waals surface area contributed by atoms with Gasteiger partial charge in [0.25, 0.3) is 5.91 Å². The number of carbonyl (C=O) groups is 2. The number of likely N-dealkylation sites (N-methyl/N-ethyl adjacent to an activating group) is 1. The van der Waals surface area contributed by atoms with Gasteiger partial charge in [-0.05, 0) is 84.0 Å². The Bertz CT molecular complexity index is 995. The van der Waals surface area contributed by atoms with Crippen molar-refractivity contribution in [3.8, 4) is 0 Å². The van der Waals surface area contributed by atoms with Crippen LogP contribution in [0.5, 0.6) is 0 Å². The molecule has 0 aliphatic carbocycles. The van der Waals surface area contributed by atoms with E-state index in [1.165, 1.54) is 5.56 Å². The lowest BCUT2D eigenvalue weighted by molar-refractivity contribution is -0.115. The van der Waals surface area contributed by atoms with Gasteiger partial charge in [-0.2, -0.15) is 0 Å². The molecule has 0 spiro atoms. The van der Waals surface area contributed by atoms with Gasteiger partial charge >= 0.3 is 0 Å². The van der Waals surface area contributed by atoms with Crippen LogP contribution in [0, 0.1) is 0 Å². The quantitative estimate of drug-likeness (QED) is 0.506. The molecule has 30 heavy (non-hydrogen) atoms. The molecule has 3 rings (SSSR count). The summed E-state index contributed by atoms with van der Waals surface area (Å²) in [5.74, 6) is -0.202. The van der Waals surface area contributed by atoms with E-state index in [1.807, 2.05) is 50.5 Å². The summed E-state index contributed by atoms with van der Waals surface area (Å²) in [6.07, 6.45) is 1.23. The van der Waals surface area contributed by atoms with Gasteiger partial charge in [-0.3, -0.25) is 9.59 Å². The van der Waals surface area contributed by atoms with Crippen LogP contribution in [0.3, 0.4) is 0 Å². The summed E-state index contributed by atoms with van der Waals surface area (Å²) < 4.78 is 5.73. The fourth-order valence-electron chi connectivity index (χ4n) is 2.83. The van der Waals surface area contributed by atoms with E-state index in [0.717, 1.165) is 24.2 Å². The number of carbonyl (C=O) groups excluding carboxylic acids is 2. The predicted molar refractivity (Wildman–Crippen MR) is 122 cm³/mol. The number of hydrogen-bond donors (Lipinski definition) is 2. The van der Waals surface area contributed by atoms with E-state index in [-0.39, 0.29) is 24.0 Å². The smallest absolute Gasteiger partial charge is 0.291 e. The molecular formula is C23H24BrN3O3. The van der Waals surface area contributed by atoms with Crippen LogP contribution < -0.4 is 10.6 Å². The topological polar surface area (TPSA) is 74.6 Å². The largest absolute Gasteiger partial charge is 0.444 e. The average Bonchev–Trinajstić information content (AvgIpc) is 3.15. The second kappa shape index (κ2) is 10.2. The number of rotatable bonds is 8. The van der Waals surface area contributed by atoms with Gasteiger partial charge in [0.05, 0.1) is 6.42 Å². The van der Waals surface area contributed by atoms with Crippen LogP contribution >= 0.6 is 15.9 Å². The highest BCUT2D eigenvalue weighted by Crippen LogP contribution is 2.17. The van der Waals surface area contributed by atoms with E-state index in [2.05, 4.69) is 31.5 Å². The average molecular weight is 470 g/mol. The van der Waals surface area contributed by atoms with Crippen LogP contribution in [0.4, 0.5) is 11.4 Å². The number of furan rings is 1. The van der Waals surface area contributed by atoms with E-state index in [9.17, 15) is 9.59 Å². The van der Waals surface area contributed by atoms with Gasteiger partial charge in [-0.15, -0.1) is 0 Å². The van der Waals surface area contributed by atoms with Crippen LogP contribution in [-0.2, 0) is 17.6 Å². The highest BCUT2D eigenvalue weighted by molar-refractivity contribution is 9.10. The van der Waals surface area contributed by atoms with Gasteiger partial charge in [-0.25, -0.2) is 0 Å². The van der Waals surface area contributed by atoms with Crippen molar-refractivity contribution in [1.82, 2.24) is 4.90 Å². The Labute approximate surface area is 184 Å². The zero-order valence-corrected chi connectivity index (χ0v) is 18.5.